The Morgan fingerprint density at radius 1 is 1.56 bits per heavy atom. The third kappa shape index (κ3) is 2.64. The topological polar surface area (TPSA) is 20.2 Å². The summed E-state index contributed by atoms with van der Waals surface area (Å²) >= 11 is 3.33. The molecule has 0 aromatic heterocycles. The van der Waals surface area contributed by atoms with Gasteiger partial charge in [0.05, 0.1) is 5.60 Å². The molecule has 1 aliphatic carbocycles. The molecule has 3 heteroatoms. The highest BCUT2D eigenvalue weighted by Gasteiger charge is 2.35. The molecule has 1 fully saturated rings. The third-order valence-corrected chi connectivity index (χ3v) is 3.85. The molecule has 1 saturated carbocycles. The van der Waals surface area contributed by atoms with Crippen molar-refractivity contribution in [2.45, 2.75) is 38.2 Å². The van der Waals surface area contributed by atoms with Crippen LogP contribution in [0.3, 0.4) is 0 Å². The number of benzene rings is 1. The predicted octanol–water partition coefficient (Wildman–Crippen LogP) is 3.68. The number of halogens is 2. The van der Waals surface area contributed by atoms with Gasteiger partial charge in [0.2, 0.25) is 0 Å². The molecule has 1 aromatic rings. The Morgan fingerprint density at radius 3 is 2.94 bits per heavy atom. The summed E-state index contributed by atoms with van der Waals surface area (Å²) in [5.41, 5.74) is -0.105. The van der Waals surface area contributed by atoms with Crippen molar-refractivity contribution in [1.82, 2.24) is 0 Å². The minimum absolute atomic E-state index is 0.226. The minimum Gasteiger partial charge on any atom is -0.390 e. The molecule has 2 atom stereocenters. The Bertz CT molecular complexity index is 394. The molecule has 16 heavy (non-hydrogen) atoms. The molecule has 1 N–H and O–H groups in total. The molecule has 0 heterocycles. The van der Waals surface area contributed by atoms with Crippen LogP contribution in [0.5, 0.6) is 0 Å². The molecule has 1 aliphatic rings. The highest BCUT2D eigenvalue weighted by Crippen LogP contribution is 2.37. The van der Waals surface area contributed by atoms with Gasteiger partial charge in [-0.15, -0.1) is 0 Å². The second kappa shape index (κ2) is 4.46. The summed E-state index contributed by atoms with van der Waals surface area (Å²) in [6.45, 7) is 2.13. The highest BCUT2D eigenvalue weighted by molar-refractivity contribution is 9.10. The molecule has 0 aliphatic heterocycles. The van der Waals surface area contributed by atoms with Crippen LogP contribution in [0.15, 0.2) is 22.7 Å². The fourth-order valence-electron chi connectivity index (χ4n) is 2.56. The lowest BCUT2D eigenvalue weighted by Crippen LogP contribution is -2.28. The molecule has 1 nitrogen and oxygen atoms in total. The molecule has 0 amide bonds. The number of hydrogen-bond acceptors (Lipinski definition) is 1. The van der Waals surface area contributed by atoms with E-state index in [1.807, 2.05) is 0 Å². The molecule has 0 radical (unpaired) electrons. The second-order valence-corrected chi connectivity index (χ2v) is 5.90. The fraction of sp³-hybridized carbons (Fsp3) is 0.538. The van der Waals surface area contributed by atoms with Crippen LogP contribution in [0.1, 0.15) is 31.7 Å². The van der Waals surface area contributed by atoms with Crippen molar-refractivity contribution in [2.24, 2.45) is 5.92 Å². The van der Waals surface area contributed by atoms with Crippen molar-refractivity contribution in [3.63, 3.8) is 0 Å². The Hall–Kier alpha value is -0.410. The van der Waals surface area contributed by atoms with Crippen LogP contribution in [-0.4, -0.2) is 10.7 Å². The van der Waals surface area contributed by atoms with Crippen LogP contribution in [0, 0.1) is 11.7 Å². The summed E-state index contributed by atoms with van der Waals surface area (Å²) < 4.78 is 14.4. The van der Waals surface area contributed by atoms with E-state index >= 15 is 0 Å². The SMILES string of the molecule is CC1CCC(O)(Cc2cc(Br)ccc2F)C1. The van der Waals surface area contributed by atoms with Gasteiger partial charge >= 0.3 is 0 Å². The van der Waals surface area contributed by atoms with Crippen molar-refractivity contribution >= 4 is 15.9 Å². The quantitative estimate of drug-likeness (QED) is 0.879. The van der Waals surface area contributed by atoms with Gasteiger partial charge in [-0.3, -0.25) is 0 Å². The normalized spacial score (nSPS) is 29.6. The summed E-state index contributed by atoms with van der Waals surface area (Å²) in [7, 11) is 0. The Labute approximate surface area is 104 Å². The Kier molecular flexibility index (Phi) is 3.36. The molecule has 2 unspecified atom stereocenters. The molecule has 0 saturated heterocycles. The monoisotopic (exact) mass is 286 g/mol. The lowest BCUT2D eigenvalue weighted by molar-refractivity contribution is 0.0437. The van der Waals surface area contributed by atoms with Crippen LogP contribution in [0.4, 0.5) is 4.39 Å². The van der Waals surface area contributed by atoms with Gasteiger partial charge in [0.25, 0.3) is 0 Å². The Balaban J connectivity index is 2.17. The van der Waals surface area contributed by atoms with E-state index in [-0.39, 0.29) is 5.82 Å². The van der Waals surface area contributed by atoms with Crippen LogP contribution in [0.2, 0.25) is 0 Å². The molecule has 2 rings (SSSR count). The van der Waals surface area contributed by atoms with Crippen molar-refractivity contribution in [3.8, 4) is 0 Å². The molecule has 1 aromatic carbocycles. The number of rotatable bonds is 2. The van der Waals surface area contributed by atoms with E-state index in [4.69, 9.17) is 0 Å². The second-order valence-electron chi connectivity index (χ2n) is 4.98. The van der Waals surface area contributed by atoms with E-state index in [9.17, 15) is 9.50 Å². The summed E-state index contributed by atoms with van der Waals surface area (Å²) in [6.07, 6.45) is 3.01. The third-order valence-electron chi connectivity index (χ3n) is 3.36. The first kappa shape index (κ1) is 12.1. The van der Waals surface area contributed by atoms with Gasteiger partial charge in [-0.2, -0.15) is 0 Å². The van der Waals surface area contributed by atoms with Crippen molar-refractivity contribution < 1.29 is 9.50 Å². The maximum Gasteiger partial charge on any atom is 0.126 e. The van der Waals surface area contributed by atoms with E-state index < -0.39 is 5.60 Å². The molecular weight excluding hydrogens is 271 g/mol. The molecule has 0 spiro atoms. The van der Waals surface area contributed by atoms with E-state index in [1.165, 1.54) is 6.07 Å². The zero-order valence-corrected chi connectivity index (χ0v) is 10.9. The minimum atomic E-state index is -0.707. The van der Waals surface area contributed by atoms with E-state index in [0.717, 1.165) is 23.7 Å². The van der Waals surface area contributed by atoms with Gasteiger partial charge in [-0.05, 0) is 48.9 Å². The zero-order chi connectivity index (χ0) is 11.8. The standard InChI is InChI=1S/C13H16BrFO/c1-9-4-5-13(16,7-9)8-10-6-11(14)2-3-12(10)15/h2-3,6,9,16H,4-5,7-8H2,1H3. The van der Waals surface area contributed by atoms with Gasteiger partial charge in [0.15, 0.2) is 0 Å². The van der Waals surface area contributed by atoms with Gasteiger partial charge in [0.1, 0.15) is 5.82 Å². The van der Waals surface area contributed by atoms with Crippen LogP contribution in [-0.2, 0) is 6.42 Å². The number of aliphatic hydroxyl groups is 1. The smallest absolute Gasteiger partial charge is 0.126 e. The van der Waals surface area contributed by atoms with Gasteiger partial charge in [-0.1, -0.05) is 22.9 Å². The summed E-state index contributed by atoms with van der Waals surface area (Å²) in [5.74, 6) is 0.316. The first-order valence-electron chi connectivity index (χ1n) is 5.65. The molecule has 88 valence electrons. The Morgan fingerprint density at radius 2 is 2.31 bits per heavy atom. The largest absolute Gasteiger partial charge is 0.390 e. The van der Waals surface area contributed by atoms with E-state index in [1.54, 1.807) is 12.1 Å². The lowest BCUT2D eigenvalue weighted by atomic mass is 9.92. The van der Waals surface area contributed by atoms with E-state index in [2.05, 4.69) is 22.9 Å². The van der Waals surface area contributed by atoms with Crippen molar-refractivity contribution in [3.05, 3.63) is 34.1 Å². The van der Waals surface area contributed by atoms with Gasteiger partial charge < -0.3 is 5.11 Å². The highest BCUT2D eigenvalue weighted by atomic mass is 79.9. The summed E-state index contributed by atoms with van der Waals surface area (Å²) in [4.78, 5) is 0. The van der Waals surface area contributed by atoms with Gasteiger partial charge in [0, 0.05) is 10.9 Å². The lowest BCUT2D eigenvalue weighted by Gasteiger charge is -2.23. The van der Waals surface area contributed by atoms with E-state index in [0.29, 0.717) is 17.9 Å². The zero-order valence-electron chi connectivity index (χ0n) is 9.34. The summed E-state index contributed by atoms with van der Waals surface area (Å²) in [5, 5.41) is 10.3. The van der Waals surface area contributed by atoms with Crippen LogP contribution >= 0.6 is 15.9 Å². The maximum absolute atomic E-state index is 13.6. The van der Waals surface area contributed by atoms with Crippen LogP contribution < -0.4 is 0 Å². The van der Waals surface area contributed by atoms with Crippen molar-refractivity contribution in [1.29, 1.82) is 0 Å². The molecule has 0 bridgehead atoms. The van der Waals surface area contributed by atoms with Crippen molar-refractivity contribution in [2.75, 3.05) is 0 Å². The summed E-state index contributed by atoms with van der Waals surface area (Å²) in [6, 6.07) is 4.89. The first-order valence-corrected chi connectivity index (χ1v) is 6.44. The van der Waals surface area contributed by atoms with Gasteiger partial charge in [-0.25, -0.2) is 4.39 Å². The number of hydrogen-bond donors (Lipinski definition) is 1. The average molecular weight is 287 g/mol. The first-order chi connectivity index (χ1) is 7.48. The predicted molar refractivity (Wildman–Crippen MR) is 65.8 cm³/mol. The average Bonchev–Trinajstić information content (AvgIpc) is 2.52. The maximum atomic E-state index is 13.6. The molecular formula is C13H16BrFO. The van der Waals surface area contributed by atoms with Crippen LogP contribution in [0.25, 0.3) is 0 Å². The fourth-order valence-corrected chi connectivity index (χ4v) is 2.97.